The first kappa shape index (κ1) is 10.5. The van der Waals surface area contributed by atoms with Crippen molar-refractivity contribution in [3.05, 3.63) is 42.1 Å². The SMILES string of the molecule is CC1CCCc2nc(-c3ccccc3F)cn21. The molecule has 0 saturated carbocycles. The summed E-state index contributed by atoms with van der Waals surface area (Å²) in [7, 11) is 0. The van der Waals surface area contributed by atoms with E-state index in [0.29, 0.717) is 11.6 Å². The molecule has 1 unspecified atom stereocenters. The molecule has 2 aromatic rings. The van der Waals surface area contributed by atoms with Gasteiger partial charge in [0.25, 0.3) is 0 Å². The second-order valence-electron chi connectivity index (χ2n) is 4.67. The molecular weight excluding hydrogens is 215 g/mol. The van der Waals surface area contributed by atoms with Gasteiger partial charge in [0.1, 0.15) is 11.6 Å². The van der Waals surface area contributed by atoms with Crippen molar-refractivity contribution in [1.82, 2.24) is 9.55 Å². The lowest BCUT2D eigenvalue weighted by molar-refractivity contribution is 0.426. The van der Waals surface area contributed by atoms with Gasteiger partial charge >= 0.3 is 0 Å². The summed E-state index contributed by atoms with van der Waals surface area (Å²) in [5, 5.41) is 0. The van der Waals surface area contributed by atoms with Crippen LogP contribution < -0.4 is 0 Å². The Bertz CT molecular complexity index is 545. The molecule has 2 heterocycles. The minimum atomic E-state index is -0.199. The number of fused-ring (bicyclic) bond motifs is 1. The lowest BCUT2D eigenvalue weighted by atomic mass is 10.1. The van der Waals surface area contributed by atoms with Crippen LogP contribution in [0.5, 0.6) is 0 Å². The van der Waals surface area contributed by atoms with Crippen LogP contribution in [0.3, 0.4) is 0 Å². The molecule has 0 saturated heterocycles. The number of imidazole rings is 1. The molecule has 17 heavy (non-hydrogen) atoms. The summed E-state index contributed by atoms with van der Waals surface area (Å²) < 4.78 is 15.9. The fourth-order valence-corrected chi connectivity index (χ4v) is 2.49. The van der Waals surface area contributed by atoms with Gasteiger partial charge in [-0.3, -0.25) is 0 Å². The summed E-state index contributed by atoms with van der Waals surface area (Å²) in [6, 6.07) is 7.30. The zero-order valence-corrected chi connectivity index (χ0v) is 9.86. The molecule has 0 fully saturated rings. The highest BCUT2D eigenvalue weighted by molar-refractivity contribution is 5.59. The highest BCUT2D eigenvalue weighted by Gasteiger charge is 2.19. The number of halogens is 1. The Morgan fingerprint density at radius 2 is 2.18 bits per heavy atom. The van der Waals surface area contributed by atoms with Crippen molar-refractivity contribution in [2.45, 2.75) is 32.2 Å². The maximum atomic E-state index is 13.7. The quantitative estimate of drug-likeness (QED) is 0.732. The number of nitrogens with zero attached hydrogens (tertiary/aromatic N) is 2. The Morgan fingerprint density at radius 3 is 2.94 bits per heavy atom. The van der Waals surface area contributed by atoms with E-state index >= 15 is 0 Å². The summed E-state index contributed by atoms with van der Waals surface area (Å²) in [5.74, 6) is 0.887. The van der Waals surface area contributed by atoms with Crippen LogP contribution in [0.15, 0.2) is 30.5 Å². The highest BCUT2D eigenvalue weighted by Crippen LogP contribution is 2.29. The van der Waals surface area contributed by atoms with Crippen LogP contribution in [0.4, 0.5) is 4.39 Å². The molecule has 88 valence electrons. The molecule has 0 amide bonds. The van der Waals surface area contributed by atoms with Gasteiger partial charge in [0.15, 0.2) is 0 Å². The summed E-state index contributed by atoms with van der Waals surface area (Å²) in [6.07, 6.45) is 5.34. The van der Waals surface area contributed by atoms with Gasteiger partial charge in [-0.05, 0) is 31.9 Å². The standard InChI is InChI=1S/C14H15FN2/c1-10-5-4-8-14-16-13(9-17(10)14)11-6-2-3-7-12(11)15/h2-3,6-7,9-10H,4-5,8H2,1H3. The van der Waals surface area contributed by atoms with Crippen molar-refractivity contribution in [2.75, 3.05) is 0 Å². The molecule has 3 heteroatoms. The second kappa shape index (κ2) is 3.99. The Balaban J connectivity index is 2.08. The lowest BCUT2D eigenvalue weighted by Crippen LogP contribution is -2.14. The number of aromatic nitrogens is 2. The van der Waals surface area contributed by atoms with Crippen molar-refractivity contribution in [2.24, 2.45) is 0 Å². The van der Waals surface area contributed by atoms with E-state index in [4.69, 9.17) is 0 Å². The largest absolute Gasteiger partial charge is 0.331 e. The van der Waals surface area contributed by atoms with Crippen molar-refractivity contribution in [1.29, 1.82) is 0 Å². The van der Waals surface area contributed by atoms with Gasteiger partial charge in [-0.2, -0.15) is 0 Å². The highest BCUT2D eigenvalue weighted by atomic mass is 19.1. The third kappa shape index (κ3) is 1.75. The number of rotatable bonds is 1. The zero-order chi connectivity index (χ0) is 11.8. The van der Waals surface area contributed by atoms with Crippen LogP contribution in [-0.4, -0.2) is 9.55 Å². The second-order valence-corrected chi connectivity index (χ2v) is 4.67. The van der Waals surface area contributed by atoms with Crippen LogP contribution in [-0.2, 0) is 6.42 Å². The molecule has 0 aliphatic carbocycles. The average molecular weight is 230 g/mol. The minimum absolute atomic E-state index is 0.199. The predicted molar refractivity (Wildman–Crippen MR) is 65.3 cm³/mol. The van der Waals surface area contributed by atoms with Gasteiger partial charge in [0.2, 0.25) is 0 Å². The number of benzene rings is 1. The molecule has 1 aromatic carbocycles. The van der Waals surface area contributed by atoms with E-state index in [1.165, 1.54) is 18.9 Å². The van der Waals surface area contributed by atoms with Crippen LogP contribution in [0.1, 0.15) is 31.6 Å². The summed E-state index contributed by atoms with van der Waals surface area (Å²) in [6.45, 7) is 2.19. The van der Waals surface area contributed by atoms with Gasteiger partial charge in [0, 0.05) is 24.2 Å². The first-order valence-electron chi connectivity index (χ1n) is 6.08. The first-order valence-corrected chi connectivity index (χ1v) is 6.08. The van der Waals surface area contributed by atoms with Crippen LogP contribution in [0, 0.1) is 5.82 Å². The molecule has 1 aliphatic heterocycles. The molecule has 1 atom stereocenters. The van der Waals surface area contributed by atoms with Gasteiger partial charge in [-0.25, -0.2) is 9.37 Å². The van der Waals surface area contributed by atoms with Crippen molar-refractivity contribution < 1.29 is 4.39 Å². The van der Waals surface area contributed by atoms with Crippen molar-refractivity contribution in [3.63, 3.8) is 0 Å². The van der Waals surface area contributed by atoms with E-state index in [9.17, 15) is 4.39 Å². The maximum Gasteiger partial charge on any atom is 0.132 e. The molecule has 3 rings (SSSR count). The Labute approximate surface area is 100 Å². The minimum Gasteiger partial charge on any atom is -0.331 e. The van der Waals surface area contributed by atoms with Gasteiger partial charge in [-0.1, -0.05) is 12.1 Å². The maximum absolute atomic E-state index is 13.7. The summed E-state index contributed by atoms with van der Waals surface area (Å²) >= 11 is 0. The normalized spacial score (nSPS) is 19.1. The van der Waals surface area contributed by atoms with Crippen LogP contribution in [0.25, 0.3) is 11.3 Å². The van der Waals surface area contributed by atoms with E-state index in [0.717, 1.165) is 17.9 Å². The van der Waals surface area contributed by atoms with Crippen LogP contribution >= 0.6 is 0 Å². The number of aryl methyl sites for hydroxylation is 1. The van der Waals surface area contributed by atoms with Crippen molar-refractivity contribution >= 4 is 0 Å². The predicted octanol–water partition coefficient (Wildman–Crippen LogP) is 3.59. The average Bonchev–Trinajstić information content (AvgIpc) is 2.75. The third-order valence-electron chi connectivity index (χ3n) is 3.46. The molecule has 0 bridgehead atoms. The topological polar surface area (TPSA) is 17.8 Å². The molecule has 0 radical (unpaired) electrons. The molecule has 1 aliphatic rings. The van der Waals surface area contributed by atoms with E-state index in [-0.39, 0.29) is 5.82 Å². The molecule has 2 nitrogen and oxygen atoms in total. The van der Waals surface area contributed by atoms with E-state index in [1.54, 1.807) is 12.1 Å². The lowest BCUT2D eigenvalue weighted by Gasteiger charge is -2.20. The molecule has 0 N–H and O–H groups in total. The Morgan fingerprint density at radius 1 is 1.35 bits per heavy atom. The smallest absolute Gasteiger partial charge is 0.132 e. The summed E-state index contributed by atoms with van der Waals surface area (Å²) in [5.41, 5.74) is 1.36. The fraction of sp³-hybridized carbons (Fsp3) is 0.357. The Hall–Kier alpha value is -1.64. The first-order chi connectivity index (χ1) is 8.25. The fourth-order valence-electron chi connectivity index (χ4n) is 2.49. The Kier molecular flexibility index (Phi) is 2.46. The molecule has 0 spiro atoms. The van der Waals surface area contributed by atoms with Crippen LogP contribution in [0.2, 0.25) is 0 Å². The number of hydrogen-bond donors (Lipinski definition) is 0. The van der Waals surface area contributed by atoms with E-state index < -0.39 is 0 Å². The number of hydrogen-bond acceptors (Lipinski definition) is 1. The molecule has 1 aromatic heterocycles. The zero-order valence-electron chi connectivity index (χ0n) is 9.86. The summed E-state index contributed by atoms with van der Waals surface area (Å²) in [4.78, 5) is 4.56. The van der Waals surface area contributed by atoms with Gasteiger partial charge in [0.05, 0.1) is 5.69 Å². The van der Waals surface area contributed by atoms with Crippen molar-refractivity contribution in [3.8, 4) is 11.3 Å². The third-order valence-corrected chi connectivity index (χ3v) is 3.46. The monoisotopic (exact) mass is 230 g/mol. The van der Waals surface area contributed by atoms with E-state index in [1.807, 2.05) is 12.3 Å². The van der Waals surface area contributed by atoms with Gasteiger partial charge < -0.3 is 4.57 Å². The van der Waals surface area contributed by atoms with E-state index in [2.05, 4.69) is 16.5 Å². The van der Waals surface area contributed by atoms with Gasteiger partial charge in [-0.15, -0.1) is 0 Å². The molecular formula is C14H15FN2.